The van der Waals surface area contributed by atoms with E-state index in [9.17, 15) is 0 Å². The first-order valence-corrected chi connectivity index (χ1v) is 7.11. The molecular formula is C14H30N2. The Morgan fingerprint density at radius 1 is 1.25 bits per heavy atom. The maximum absolute atomic E-state index is 5.91. The Balaban J connectivity index is 2.71. The van der Waals surface area contributed by atoms with Gasteiger partial charge in [0.25, 0.3) is 0 Å². The van der Waals surface area contributed by atoms with Gasteiger partial charge < -0.3 is 5.73 Å². The molecule has 2 nitrogen and oxygen atoms in total. The molecule has 1 aliphatic rings. The lowest BCUT2D eigenvalue weighted by Crippen LogP contribution is -2.48. The summed E-state index contributed by atoms with van der Waals surface area (Å²) in [5.41, 5.74) is 5.91. The number of hydrogen-bond acceptors (Lipinski definition) is 2. The quantitative estimate of drug-likeness (QED) is 0.754. The van der Waals surface area contributed by atoms with Crippen LogP contribution in [0, 0.1) is 11.8 Å². The van der Waals surface area contributed by atoms with Gasteiger partial charge in [0, 0.05) is 12.1 Å². The van der Waals surface area contributed by atoms with Gasteiger partial charge in [-0.1, -0.05) is 34.1 Å². The lowest BCUT2D eigenvalue weighted by atomic mass is 9.94. The van der Waals surface area contributed by atoms with Crippen LogP contribution in [-0.2, 0) is 0 Å². The van der Waals surface area contributed by atoms with E-state index in [0.29, 0.717) is 0 Å². The smallest absolute Gasteiger partial charge is 0.0138 e. The first-order chi connectivity index (χ1) is 7.65. The van der Waals surface area contributed by atoms with Crippen LogP contribution in [0.25, 0.3) is 0 Å². The molecule has 0 aliphatic heterocycles. The normalized spacial score (nSPS) is 27.9. The molecule has 1 fully saturated rings. The van der Waals surface area contributed by atoms with E-state index in [1.807, 2.05) is 0 Å². The zero-order chi connectivity index (χ0) is 12.1. The van der Waals surface area contributed by atoms with Crippen LogP contribution in [0.5, 0.6) is 0 Å². The van der Waals surface area contributed by atoms with Crippen molar-refractivity contribution in [3.63, 3.8) is 0 Å². The molecule has 2 heteroatoms. The van der Waals surface area contributed by atoms with Crippen LogP contribution in [0.4, 0.5) is 0 Å². The van der Waals surface area contributed by atoms with E-state index >= 15 is 0 Å². The molecule has 1 aliphatic carbocycles. The van der Waals surface area contributed by atoms with E-state index in [1.54, 1.807) is 0 Å². The number of rotatable bonds is 6. The molecule has 0 aromatic carbocycles. The van der Waals surface area contributed by atoms with Crippen LogP contribution in [0.15, 0.2) is 0 Å². The van der Waals surface area contributed by atoms with Crippen LogP contribution in [-0.4, -0.2) is 30.1 Å². The highest BCUT2D eigenvalue weighted by atomic mass is 15.2. The van der Waals surface area contributed by atoms with Gasteiger partial charge in [0.15, 0.2) is 0 Å². The second kappa shape index (κ2) is 6.61. The highest BCUT2D eigenvalue weighted by Crippen LogP contribution is 2.32. The summed E-state index contributed by atoms with van der Waals surface area (Å²) in [6, 6.07) is 1.49. The molecule has 0 amide bonds. The Kier molecular flexibility index (Phi) is 5.77. The van der Waals surface area contributed by atoms with Gasteiger partial charge in [0.2, 0.25) is 0 Å². The summed E-state index contributed by atoms with van der Waals surface area (Å²) >= 11 is 0. The monoisotopic (exact) mass is 226 g/mol. The zero-order valence-electron chi connectivity index (χ0n) is 11.6. The first kappa shape index (κ1) is 14.0. The minimum absolute atomic E-state index is 0.738. The fourth-order valence-electron chi connectivity index (χ4n) is 3.53. The minimum Gasteiger partial charge on any atom is -0.330 e. The highest BCUT2D eigenvalue weighted by Gasteiger charge is 2.34. The molecule has 0 bridgehead atoms. The molecule has 16 heavy (non-hydrogen) atoms. The number of nitrogens with zero attached hydrogens (tertiary/aromatic N) is 1. The van der Waals surface area contributed by atoms with Crippen molar-refractivity contribution in [1.82, 2.24) is 4.90 Å². The first-order valence-electron chi connectivity index (χ1n) is 7.11. The van der Waals surface area contributed by atoms with Crippen LogP contribution < -0.4 is 5.73 Å². The lowest BCUT2D eigenvalue weighted by Gasteiger charge is -2.40. The van der Waals surface area contributed by atoms with Crippen molar-refractivity contribution in [2.24, 2.45) is 17.6 Å². The Hall–Kier alpha value is -0.0800. The van der Waals surface area contributed by atoms with Crippen molar-refractivity contribution in [3.05, 3.63) is 0 Å². The molecule has 1 saturated carbocycles. The molecule has 0 aromatic rings. The Labute approximate surface area is 102 Å². The summed E-state index contributed by atoms with van der Waals surface area (Å²) in [6.07, 6.45) is 5.34. The molecule has 2 N–H and O–H groups in total. The number of hydrogen-bond donors (Lipinski definition) is 1. The van der Waals surface area contributed by atoms with Crippen molar-refractivity contribution in [1.29, 1.82) is 0 Å². The van der Waals surface area contributed by atoms with E-state index in [2.05, 4.69) is 32.6 Å². The maximum atomic E-state index is 5.91. The van der Waals surface area contributed by atoms with Gasteiger partial charge in [0.1, 0.15) is 0 Å². The van der Waals surface area contributed by atoms with Crippen molar-refractivity contribution in [2.45, 2.75) is 65.5 Å². The summed E-state index contributed by atoms with van der Waals surface area (Å²) in [5, 5.41) is 0. The molecule has 0 spiro atoms. The van der Waals surface area contributed by atoms with Crippen molar-refractivity contribution in [2.75, 3.05) is 13.1 Å². The summed E-state index contributed by atoms with van der Waals surface area (Å²) in [6.45, 7) is 11.4. The van der Waals surface area contributed by atoms with Crippen molar-refractivity contribution in [3.8, 4) is 0 Å². The van der Waals surface area contributed by atoms with E-state index in [-0.39, 0.29) is 0 Å². The van der Waals surface area contributed by atoms with Crippen LogP contribution in [0.1, 0.15) is 53.4 Å². The molecular weight excluding hydrogens is 196 g/mol. The third kappa shape index (κ3) is 2.98. The highest BCUT2D eigenvalue weighted by molar-refractivity contribution is 4.89. The second-order valence-electron chi connectivity index (χ2n) is 5.54. The SMILES string of the molecule is CCC(C(C)C)N(CC)C1CCCC1CN. The Bertz CT molecular complexity index is 191. The second-order valence-corrected chi connectivity index (χ2v) is 5.54. The Morgan fingerprint density at radius 3 is 2.38 bits per heavy atom. The molecule has 0 heterocycles. The summed E-state index contributed by atoms with van der Waals surface area (Å²) in [4.78, 5) is 2.73. The minimum atomic E-state index is 0.738. The predicted molar refractivity (Wildman–Crippen MR) is 71.5 cm³/mol. The van der Waals surface area contributed by atoms with E-state index in [4.69, 9.17) is 5.73 Å². The molecule has 0 saturated heterocycles. The van der Waals surface area contributed by atoms with Gasteiger partial charge in [-0.05, 0) is 44.2 Å². The molecule has 3 unspecified atom stereocenters. The maximum Gasteiger partial charge on any atom is 0.0138 e. The van der Waals surface area contributed by atoms with E-state index < -0.39 is 0 Å². The fourth-order valence-corrected chi connectivity index (χ4v) is 3.53. The van der Waals surface area contributed by atoms with E-state index in [1.165, 1.54) is 32.2 Å². The topological polar surface area (TPSA) is 29.3 Å². The lowest BCUT2D eigenvalue weighted by molar-refractivity contribution is 0.0834. The van der Waals surface area contributed by atoms with Crippen LogP contribution in [0.2, 0.25) is 0 Å². The molecule has 96 valence electrons. The molecule has 0 aromatic heterocycles. The molecule has 1 rings (SSSR count). The van der Waals surface area contributed by atoms with Crippen molar-refractivity contribution < 1.29 is 0 Å². The van der Waals surface area contributed by atoms with Gasteiger partial charge in [-0.15, -0.1) is 0 Å². The zero-order valence-corrected chi connectivity index (χ0v) is 11.6. The standard InChI is InChI=1S/C14H30N2/c1-5-13(11(3)4)16(6-2)14-9-7-8-12(14)10-15/h11-14H,5-10,15H2,1-4H3. The van der Waals surface area contributed by atoms with Crippen LogP contribution >= 0.6 is 0 Å². The summed E-state index contributed by atoms with van der Waals surface area (Å²) in [5.74, 6) is 1.50. The average Bonchev–Trinajstić information content (AvgIpc) is 2.72. The van der Waals surface area contributed by atoms with Gasteiger partial charge in [0.05, 0.1) is 0 Å². The molecule has 0 radical (unpaired) electrons. The Morgan fingerprint density at radius 2 is 1.94 bits per heavy atom. The van der Waals surface area contributed by atoms with Gasteiger partial charge in [-0.3, -0.25) is 4.90 Å². The fraction of sp³-hybridized carbons (Fsp3) is 1.00. The largest absolute Gasteiger partial charge is 0.330 e. The van der Waals surface area contributed by atoms with E-state index in [0.717, 1.165) is 30.5 Å². The summed E-state index contributed by atoms with van der Waals surface area (Å²) in [7, 11) is 0. The van der Waals surface area contributed by atoms with Gasteiger partial charge in [-0.2, -0.15) is 0 Å². The average molecular weight is 226 g/mol. The van der Waals surface area contributed by atoms with Crippen molar-refractivity contribution >= 4 is 0 Å². The number of nitrogens with two attached hydrogens (primary N) is 1. The van der Waals surface area contributed by atoms with Gasteiger partial charge >= 0.3 is 0 Å². The molecule has 3 atom stereocenters. The predicted octanol–water partition coefficient (Wildman–Crippen LogP) is 2.87. The third-order valence-electron chi connectivity index (χ3n) is 4.33. The van der Waals surface area contributed by atoms with Gasteiger partial charge in [-0.25, -0.2) is 0 Å². The third-order valence-corrected chi connectivity index (χ3v) is 4.33. The van der Waals surface area contributed by atoms with Crippen LogP contribution in [0.3, 0.4) is 0 Å². The summed E-state index contributed by atoms with van der Waals surface area (Å²) < 4.78 is 0.